The predicted octanol–water partition coefficient (Wildman–Crippen LogP) is 5.13. The van der Waals surface area contributed by atoms with Crippen molar-refractivity contribution in [3.63, 3.8) is 0 Å². The van der Waals surface area contributed by atoms with E-state index in [9.17, 15) is 21.6 Å². The van der Waals surface area contributed by atoms with Crippen molar-refractivity contribution in [2.45, 2.75) is 63.2 Å². The minimum Gasteiger partial charge on any atom is -0.486 e. The van der Waals surface area contributed by atoms with E-state index in [0.717, 1.165) is 16.7 Å². The Balaban J connectivity index is 1.87. The van der Waals surface area contributed by atoms with Crippen molar-refractivity contribution in [1.82, 2.24) is 5.32 Å². The Bertz CT molecular complexity index is 1000. The van der Waals surface area contributed by atoms with Gasteiger partial charge in [0.1, 0.15) is 16.7 Å². The molecule has 0 aliphatic carbocycles. The van der Waals surface area contributed by atoms with E-state index < -0.39 is 45.9 Å². The summed E-state index contributed by atoms with van der Waals surface area (Å²) in [5.41, 5.74) is 2.13. The summed E-state index contributed by atoms with van der Waals surface area (Å²) < 4.78 is 69.5. The molecule has 0 fully saturated rings. The van der Waals surface area contributed by atoms with Crippen molar-refractivity contribution in [2.24, 2.45) is 0 Å². The fraction of sp³-hybridized carbons (Fsp3) is 0.478. The average molecular weight is 456 g/mol. The number of halogens is 3. The number of fused-ring (bicyclic) bond motifs is 1. The van der Waals surface area contributed by atoms with Crippen molar-refractivity contribution in [3.05, 3.63) is 54.1 Å². The standard InChI is InChI=1S/C23H28F3NO3S/c1-4-31(28,29)21(12-13-23(24,25)26)27-20-15-18-14-17(16-8-6-5-7-9-16)10-11-19(18)30-22(20,2)3/h5-11,14,20-21,27H,4,12-13,15H2,1-3H3. The Kier molecular flexibility index (Phi) is 6.72. The van der Waals surface area contributed by atoms with Gasteiger partial charge in [0, 0.05) is 12.2 Å². The molecule has 1 heterocycles. The number of alkyl halides is 3. The van der Waals surface area contributed by atoms with Crippen molar-refractivity contribution in [2.75, 3.05) is 5.75 Å². The number of hydrogen-bond donors (Lipinski definition) is 1. The van der Waals surface area contributed by atoms with Crippen LogP contribution in [0.15, 0.2) is 48.5 Å². The van der Waals surface area contributed by atoms with Crippen LogP contribution in [0.2, 0.25) is 0 Å². The lowest BCUT2D eigenvalue weighted by atomic mass is 9.87. The molecule has 0 saturated carbocycles. The molecule has 1 aliphatic heterocycles. The molecule has 0 radical (unpaired) electrons. The van der Waals surface area contributed by atoms with E-state index in [1.807, 2.05) is 62.4 Å². The van der Waals surface area contributed by atoms with E-state index in [0.29, 0.717) is 12.2 Å². The van der Waals surface area contributed by atoms with Crippen LogP contribution in [0.25, 0.3) is 11.1 Å². The first-order chi connectivity index (χ1) is 14.4. The molecular formula is C23H28F3NO3S. The summed E-state index contributed by atoms with van der Waals surface area (Å²) in [6.45, 7) is 5.08. The third-order valence-corrected chi connectivity index (χ3v) is 7.76. The Hall–Kier alpha value is -2.06. The zero-order valence-corrected chi connectivity index (χ0v) is 18.7. The van der Waals surface area contributed by atoms with Gasteiger partial charge >= 0.3 is 6.18 Å². The van der Waals surface area contributed by atoms with Gasteiger partial charge in [-0.05, 0) is 55.5 Å². The Labute approximate surface area is 181 Å². The zero-order chi connectivity index (χ0) is 22.9. The van der Waals surface area contributed by atoms with Gasteiger partial charge in [0.25, 0.3) is 0 Å². The summed E-state index contributed by atoms with van der Waals surface area (Å²) in [4.78, 5) is 0. The van der Waals surface area contributed by atoms with Gasteiger partial charge in [-0.25, -0.2) is 8.42 Å². The van der Waals surface area contributed by atoms with Crippen LogP contribution in [0.4, 0.5) is 13.2 Å². The number of nitrogens with one attached hydrogen (secondary N) is 1. The maximum atomic E-state index is 12.8. The Morgan fingerprint density at radius 3 is 2.42 bits per heavy atom. The molecule has 0 amide bonds. The lowest BCUT2D eigenvalue weighted by Gasteiger charge is -2.42. The molecule has 0 spiro atoms. The van der Waals surface area contributed by atoms with Gasteiger partial charge < -0.3 is 4.74 Å². The molecule has 1 aliphatic rings. The lowest BCUT2D eigenvalue weighted by Crippen LogP contribution is -2.58. The first-order valence-electron chi connectivity index (χ1n) is 10.3. The molecule has 31 heavy (non-hydrogen) atoms. The number of rotatable bonds is 7. The van der Waals surface area contributed by atoms with Crippen molar-refractivity contribution in [3.8, 4) is 16.9 Å². The Morgan fingerprint density at radius 2 is 1.81 bits per heavy atom. The molecule has 2 aromatic rings. The highest BCUT2D eigenvalue weighted by Gasteiger charge is 2.41. The largest absolute Gasteiger partial charge is 0.486 e. The van der Waals surface area contributed by atoms with Gasteiger partial charge in [-0.15, -0.1) is 0 Å². The van der Waals surface area contributed by atoms with Crippen molar-refractivity contribution in [1.29, 1.82) is 0 Å². The summed E-state index contributed by atoms with van der Waals surface area (Å²) in [6.07, 6.45) is -5.65. The van der Waals surface area contributed by atoms with Gasteiger partial charge in [0.05, 0.1) is 6.04 Å². The van der Waals surface area contributed by atoms with Crippen LogP contribution in [0, 0.1) is 0 Å². The zero-order valence-electron chi connectivity index (χ0n) is 17.9. The van der Waals surface area contributed by atoms with E-state index in [4.69, 9.17) is 4.74 Å². The monoisotopic (exact) mass is 455 g/mol. The van der Waals surface area contributed by atoms with Crippen LogP contribution in [0.5, 0.6) is 5.75 Å². The number of sulfone groups is 1. The Morgan fingerprint density at radius 1 is 1.13 bits per heavy atom. The number of benzene rings is 2. The topological polar surface area (TPSA) is 55.4 Å². The van der Waals surface area contributed by atoms with Crippen molar-refractivity contribution < 1.29 is 26.3 Å². The number of hydrogen-bond acceptors (Lipinski definition) is 4. The van der Waals surface area contributed by atoms with Crippen LogP contribution in [-0.2, 0) is 16.3 Å². The van der Waals surface area contributed by atoms with Gasteiger partial charge in [0.2, 0.25) is 0 Å². The van der Waals surface area contributed by atoms with Crippen LogP contribution in [-0.4, -0.2) is 37.4 Å². The third kappa shape index (κ3) is 5.80. The molecule has 4 nitrogen and oxygen atoms in total. The third-order valence-electron chi connectivity index (χ3n) is 5.72. The van der Waals surface area contributed by atoms with Crippen LogP contribution in [0.1, 0.15) is 39.2 Å². The molecule has 8 heteroatoms. The molecule has 0 aromatic heterocycles. The minimum absolute atomic E-state index is 0.231. The first-order valence-corrected chi connectivity index (χ1v) is 12.0. The van der Waals surface area contributed by atoms with Gasteiger partial charge in [-0.2, -0.15) is 13.2 Å². The predicted molar refractivity (Wildman–Crippen MR) is 116 cm³/mol. The lowest BCUT2D eigenvalue weighted by molar-refractivity contribution is -0.135. The van der Waals surface area contributed by atoms with E-state index in [1.165, 1.54) is 6.92 Å². The van der Waals surface area contributed by atoms with E-state index in [-0.39, 0.29) is 5.75 Å². The second kappa shape index (κ2) is 8.82. The molecule has 170 valence electrons. The second-order valence-electron chi connectivity index (χ2n) is 8.41. The molecule has 2 unspecified atom stereocenters. The summed E-state index contributed by atoms with van der Waals surface area (Å²) in [5.74, 6) is 0.471. The summed E-state index contributed by atoms with van der Waals surface area (Å²) in [5, 5.41) is 1.71. The molecule has 0 bridgehead atoms. The minimum atomic E-state index is -4.42. The molecule has 3 rings (SSSR count). The normalized spacial score (nSPS) is 19.4. The smallest absolute Gasteiger partial charge is 0.389 e. The summed E-state index contributed by atoms with van der Waals surface area (Å²) in [7, 11) is -3.73. The van der Waals surface area contributed by atoms with Crippen LogP contribution in [0.3, 0.4) is 0 Å². The van der Waals surface area contributed by atoms with E-state index in [2.05, 4.69) is 5.32 Å². The molecule has 0 saturated heterocycles. The second-order valence-corrected chi connectivity index (χ2v) is 10.9. The van der Waals surface area contributed by atoms with Gasteiger partial charge in [0.15, 0.2) is 9.84 Å². The SMILES string of the molecule is CCS(=O)(=O)C(CCC(F)(F)F)NC1Cc2cc(-c3ccccc3)ccc2OC1(C)C. The molecule has 1 N–H and O–H groups in total. The van der Waals surface area contributed by atoms with Crippen LogP contribution >= 0.6 is 0 Å². The molecular weight excluding hydrogens is 427 g/mol. The van der Waals surface area contributed by atoms with Gasteiger partial charge in [-0.3, -0.25) is 5.32 Å². The van der Waals surface area contributed by atoms with E-state index >= 15 is 0 Å². The highest BCUT2D eigenvalue weighted by atomic mass is 32.2. The average Bonchev–Trinajstić information content (AvgIpc) is 2.70. The molecule has 2 aromatic carbocycles. The quantitative estimate of drug-likeness (QED) is 0.629. The van der Waals surface area contributed by atoms with Crippen LogP contribution < -0.4 is 10.1 Å². The maximum Gasteiger partial charge on any atom is 0.389 e. The maximum absolute atomic E-state index is 12.8. The fourth-order valence-electron chi connectivity index (χ4n) is 3.82. The number of ether oxygens (including phenoxy) is 1. The first kappa shape index (κ1) is 23.6. The summed E-state index contributed by atoms with van der Waals surface area (Å²) in [6, 6.07) is 15.2. The van der Waals surface area contributed by atoms with E-state index in [1.54, 1.807) is 0 Å². The van der Waals surface area contributed by atoms with Gasteiger partial charge in [-0.1, -0.05) is 43.3 Å². The highest BCUT2D eigenvalue weighted by molar-refractivity contribution is 7.91. The fourth-order valence-corrected chi connectivity index (χ4v) is 5.07. The molecule has 2 atom stereocenters. The van der Waals surface area contributed by atoms with Crippen molar-refractivity contribution >= 4 is 9.84 Å². The summed E-state index contributed by atoms with van der Waals surface area (Å²) >= 11 is 0. The highest BCUT2D eigenvalue weighted by Crippen LogP contribution is 2.36.